The van der Waals surface area contributed by atoms with Crippen molar-refractivity contribution in [2.24, 2.45) is 0 Å². The Labute approximate surface area is 107 Å². The second-order valence-corrected chi connectivity index (χ2v) is 4.71. The number of nitro groups is 1. The number of oxazole rings is 1. The van der Waals surface area contributed by atoms with E-state index in [1.165, 1.54) is 22.8 Å². The molecular weight excluding hydrogens is 252 g/mol. The monoisotopic (exact) mass is 264 g/mol. The first-order valence-corrected chi connectivity index (χ1v) is 6.05. The summed E-state index contributed by atoms with van der Waals surface area (Å²) in [6.07, 6.45) is 1.49. The van der Waals surface area contributed by atoms with E-state index in [0.717, 1.165) is 6.42 Å². The third-order valence-corrected chi connectivity index (χ3v) is 3.58. The minimum Gasteiger partial charge on any atom is -0.408 e. The molecule has 7 nitrogen and oxygen atoms in total. The van der Waals surface area contributed by atoms with Crippen molar-refractivity contribution in [3.05, 3.63) is 38.9 Å². The number of non-ortho nitro benzene ring substituents is 1. The van der Waals surface area contributed by atoms with Crippen LogP contribution < -0.4 is 5.76 Å². The molecule has 0 unspecified atom stereocenters. The van der Waals surface area contributed by atoms with Crippen molar-refractivity contribution in [3.63, 3.8) is 0 Å². The number of hydrogen-bond donors (Lipinski definition) is 1. The van der Waals surface area contributed by atoms with Crippen molar-refractivity contribution in [2.45, 2.75) is 31.4 Å². The van der Waals surface area contributed by atoms with Crippen LogP contribution in [0.15, 0.2) is 27.4 Å². The summed E-state index contributed by atoms with van der Waals surface area (Å²) in [5.41, 5.74) is 0.564. The van der Waals surface area contributed by atoms with Crippen LogP contribution >= 0.6 is 0 Å². The zero-order chi connectivity index (χ0) is 13.6. The molecule has 0 saturated heterocycles. The van der Waals surface area contributed by atoms with Gasteiger partial charge in [0.1, 0.15) is 0 Å². The van der Waals surface area contributed by atoms with Crippen molar-refractivity contribution in [3.8, 4) is 0 Å². The maximum absolute atomic E-state index is 11.9. The van der Waals surface area contributed by atoms with Gasteiger partial charge in [0.05, 0.1) is 22.6 Å². The second-order valence-electron chi connectivity index (χ2n) is 4.71. The molecule has 1 N–H and O–H groups in total. The van der Waals surface area contributed by atoms with E-state index in [2.05, 4.69) is 0 Å². The zero-order valence-electron chi connectivity index (χ0n) is 9.98. The van der Waals surface area contributed by atoms with Crippen LogP contribution in [0.1, 0.15) is 25.3 Å². The van der Waals surface area contributed by atoms with Crippen LogP contribution in [-0.2, 0) is 0 Å². The Bertz CT molecular complexity index is 702. The third-order valence-electron chi connectivity index (χ3n) is 3.58. The number of aliphatic hydroxyl groups excluding tert-OH is 1. The molecule has 1 aromatic carbocycles. The highest BCUT2D eigenvalue weighted by atomic mass is 16.6. The summed E-state index contributed by atoms with van der Waals surface area (Å²) in [6.45, 7) is 0. The van der Waals surface area contributed by atoms with E-state index in [1.54, 1.807) is 0 Å². The summed E-state index contributed by atoms with van der Waals surface area (Å²) in [7, 11) is 0. The summed E-state index contributed by atoms with van der Waals surface area (Å²) in [6, 6.07) is 3.65. The van der Waals surface area contributed by atoms with Crippen LogP contribution in [-0.4, -0.2) is 20.7 Å². The Balaban J connectivity index is 2.22. The molecule has 0 bridgehead atoms. The maximum atomic E-state index is 11.9. The van der Waals surface area contributed by atoms with Crippen molar-refractivity contribution in [2.75, 3.05) is 0 Å². The van der Waals surface area contributed by atoms with Crippen LogP contribution in [0.4, 0.5) is 5.69 Å². The molecule has 2 aromatic rings. The van der Waals surface area contributed by atoms with Gasteiger partial charge in [-0.25, -0.2) is 4.79 Å². The average Bonchev–Trinajstić information content (AvgIpc) is 2.90. The Kier molecular flexibility index (Phi) is 2.63. The Morgan fingerprint density at radius 1 is 1.42 bits per heavy atom. The van der Waals surface area contributed by atoms with Crippen LogP contribution in [0.25, 0.3) is 11.1 Å². The van der Waals surface area contributed by atoms with Gasteiger partial charge < -0.3 is 9.52 Å². The van der Waals surface area contributed by atoms with E-state index < -0.39 is 16.8 Å². The fourth-order valence-corrected chi connectivity index (χ4v) is 2.67. The van der Waals surface area contributed by atoms with Gasteiger partial charge in [0.25, 0.3) is 5.69 Å². The number of fused-ring (bicyclic) bond motifs is 1. The van der Waals surface area contributed by atoms with E-state index in [-0.39, 0.29) is 11.7 Å². The number of aromatic nitrogens is 1. The van der Waals surface area contributed by atoms with Crippen LogP contribution in [0.5, 0.6) is 0 Å². The molecule has 0 aliphatic heterocycles. The molecule has 7 heteroatoms. The van der Waals surface area contributed by atoms with Crippen LogP contribution in [0.2, 0.25) is 0 Å². The molecule has 100 valence electrons. The lowest BCUT2D eigenvalue weighted by Gasteiger charge is -2.14. The molecule has 3 rings (SSSR count). The summed E-state index contributed by atoms with van der Waals surface area (Å²) in [5.74, 6) is -0.582. The minimum absolute atomic E-state index is 0.102. The first-order chi connectivity index (χ1) is 9.08. The van der Waals surface area contributed by atoms with Crippen molar-refractivity contribution in [1.29, 1.82) is 0 Å². The van der Waals surface area contributed by atoms with Gasteiger partial charge in [-0.1, -0.05) is 0 Å². The van der Waals surface area contributed by atoms with Gasteiger partial charge in [0.2, 0.25) is 0 Å². The topological polar surface area (TPSA) is 98.5 Å². The molecule has 1 aliphatic carbocycles. The molecule has 1 aliphatic rings. The summed E-state index contributed by atoms with van der Waals surface area (Å²) in [4.78, 5) is 22.1. The number of aliphatic hydroxyl groups is 1. The van der Waals surface area contributed by atoms with Gasteiger partial charge in [-0.3, -0.25) is 14.7 Å². The van der Waals surface area contributed by atoms with E-state index in [9.17, 15) is 20.0 Å². The maximum Gasteiger partial charge on any atom is 0.420 e. The predicted octanol–water partition coefficient (Wildman–Crippen LogP) is 1.59. The first-order valence-electron chi connectivity index (χ1n) is 6.05. The molecular formula is C12H12N2O5. The standard InChI is InChI=1S/C12H12N2O5/c15-10-3-1-2-8(10)13-9-6-7(14(17)18)4-5-11(9)19-12(13)16/h4-6,8,10,15H,1-3H2/t8-,10-/m0/s1. The fourth-order valence-electron chi connectivity index (χ4n) is 2.67. The van der Waals surface area contributed by atoms with Gasteiger partial charge in [-0.15, -0.1) is 0 Å². The first kappa shape index (κ1) is 11.9. The second kappa shape index (κ2) is 4.20. The van der Waals surface area contributed by atoms with Gasteiger partial charge in [0.15, 0.2) is 5.58 Å². The minimum atomic E-state index is -0.613. The molecule has 0 amide bonds. The highest BCUT2D eigenvalue weighted by molar-refractivity contribution is 5.76. The number of hydrogen-bond acceptors (Lipinski definition) is 5. The molecule has 19 heavy (non-hydrogen) atoms. The lowest BCUT2D eigenvalue weighted by Crippen LogP contribution is -2.26. The van der Waals surface area contributed by atoms with Crippen molar-refractivity contribution < 1.29 is 14.4 Å². The normalized spacial score (nSPS) is 23.0. The van der Waals surface area contributed by atoms with Crippen molar-refractivity contribution in [1.82, 2.24) is 4.57 Å². The lowest BCUT2D eigenvalue weighted by atomic mass is 10.2. The van der Waals surface area contributed by atoms with Crippen LogP contribution in [0, 0.1) is 10.1 Å². The average molecular weight is 264 g/mol. The molecule has 1 heterocycles. The Hall–Kier alpha value is -2.15. The van der Waals surface area contributed by atoms with Gasteiger partial charge in [-0.05, 0) is 25.3 Å². The summed E-state index contributed by atoms with van der Waals surface area (Å²) < 4.78 is 6.40. The number of benzene rings is 1. The predicted molar refractivity (Wildman–Crippen MR) is 66.0 cm³/mol. The molecule has 1 fully saturated rings. The van der Waals surface area contributed by atoms with E-state index in [1.807, 2.05) is 0 Å². The van der Waals surface area contributed by atoms with Crippen molar-refractivity contribution >= 4 is 16.8 Å². The lowest BCUT2D eigenvalue weighted by molar-refractivity contribution is -0.384. The smallest absolute Gasteiger partial charge is 0.408 e. The Morgan fingerprint density at radius 2 is 2.21 bits per heavy atom. The molecule has 1 saturated carbocycles. The highest BCUT2D eigenvalue weighted by Gasteiger charge is 2.30. The largest absolute Gasteiger partial charge is 0.420 e. The van der Waals surface area contributed by atoms with E-state index in [4.69, 9.17) is 4.42 Å². The summed E-state index contributed by atoms with van der Waals surface area (Å²) in [5, 5.41) is 20.7. The zero-order valence-corrected chi connectivity index (χ0v) is 9.98. The van der Waals surface area contributed by atoms with E-state index >= 15 is 0 Å². The Morgan fingerprint density at radius 3 is 2.84 bits per heavy atom. The highest BCUT2D eigenvalue weighted by Crippen LogP contribution is 2.32. The quantitative estimate of drug-likeness (QED) is 0.656. The van der Waals surface area contributed by atoms with Gasteiger partial charge >= 0.3 is 5.76 Å². The molecule has 2 atom stereocenters. The van der Waals surface area contributed by atoms with Gasteiger partial charge in [-0.2, -0.15) is 0 Å². The van der Waals surface area contributed by atoms with E-state index in [0.29, 0.717) is 23.9 Å². The number of nitro benzene ring substituents is 1. The number of rotatable bonds is 2. The van der Waals surface area contributed by atoms with Crippen LogP contribution in [0.3, 0.4) is 0 Å². The fraction of sp³-hybridized carbons (Fsp3) is 0.417. The summed E-state index contributed by atoms with van der Waals surface area (Å²) >= 11 is 0. The molecule has 1 aromatic heterocycles. The number of nitrogens with zero attached hydrogens (tertiary/aromatic N) is 2. The SMILES string of the molecule is O=c1oc2ccc([N+](=O)[O-])cc2n1[C@H]1CCC[C@@H]1O. The molecule has 0 spiro atoms. The molecule has 0 radical (unpaired) electrons. The van der Waals surface area contributed by atoms with Gasteiger partial charge in [0, 0.05) is 12.1 Å². The third kappa shape index (κ3) is 1.82.